The molecule has 27 heavy (non-hydrogen) atoms. The van der Waals surface area contributed by atoms with Crippen LogP contribution in [0.3, 0.4) is 0 Å². The maximum atomic E-state index is 13.6. The standard InChI is InChI=1S/C22H20FNO3/c23-19-8-4-3-6-16(19)11-12-21(27)24-22(20(26)14-25)18-10-9-15-5-1-2-7-17(15)13-18/h1-13,20,22,25-26H,14H2,(H,24,27)/b12-11+/t20-,22-/m1/s1. The van der Waals surface area contributed by atoms with Crippen LogP contribution in [0.4, 0.5) is 4.39 Å². The normalized spacial score (nSPS) is 13.6. The molecule has 138 valence electrons. The van der Waals surface area contributed by atoms with Crippen LogP contribution in [0.25, 0.3) is 16.8 Å². The van der Waals surface area contributed by atoms with Gasteiger partial charge in [-0.25, -0.2) is 4.39 Å². The highest BCUT2D eigenvalue weighted by molar-refractivity contribution is 5.92. The van der Waals surface area contributed by atoms with Gasteiger partial charge in [0.1, 0.15) is 11.9 Å². The minimum Gasteiger partial charge on any atom is -0.394 e. The largest absolute Gasteiger partial charge is 0.394 e. The van der Waals surface area contributed by atoms with E-state index in [1.54, 1.807) is 24.3 Å². The Balaban J connectivity index is 1.82. The van der Waals surface area contributed by atoms with Crippen LogP contribution in [-0.4, -0.2) is 28.8 Å². The zero-order chi connectivity index (χ0) is 19.2. The summed E-state index contributed by atoms with van der Waals surface area (Å²) < 4.78 is 13.6. The molecule has 3 rings (SSSR count). The van der Waals surface area contributed by atoms with Gasteiger partial charge in [-0.2, -0.15) is 0 Å². The van der Waals surface area contributed by atoms with E-state index >= 15 is 0 Å². The first kappa shape index (κ1) is 18.8. The van der Waals surface area contributed by atoms with E-state index in [-0.39, 0.29) is 5.56 Å². The third-order valence-electron chi connectivity index (χ3n) is 4.32. The number of hydrogen-bond acceptors (Lipinski definition) is 3. The van der Waals surface area contributed by atoms with Crippen molar-refractivity contribution in [2.45, 2.75) is 12.1 Å². The Morgan fingerprint density at radius 3 is 2.48 bits per heavy atom. The Labute approximate surface area is 156 Å². The van der Waals surface area contributed by atoms with Gasteiger partial charge in [0.15, 0.2) is 0 Å². The average molecular weight is 365 g/mol. The van der Waals surface area contributed by atoms with Crippen molar-refractivity contribution in [2.24, 2.45) is 0 Å². The van der Waals surface area contributed by atoms with Crippen LogP contribution >= 0.6 is 0 Å². The lowest BCUT2D eigenvalue weighted by atomic mass is 9.98. The molecule has 0 heterocycles. The van der Waals surface area contributed by atoms with Crippen LogP contribution < -0.4 is 5.32 Å². The first-order valence-corrected chi connectivity index (χ1v) is 8.59. The number of halogens is 1. The predicted octanol–water partition coefficient (Wildman–Crippen LogP) is 3.20. The number of carbonyl (C=O) groups excluding carboxylic acids is 1. The van der Waals surface area contributed by atoms with Gasteiger partial charge in [0.05, 0.1) is 12.6 Å². The summed E-state index contributed by atoms with van der Waals surface area (Å²) in [5, 5.41) is 24.2. The van der Waals surface area contributed by atoms with Gasteiger partial charge >= 0.3 is 0 Å². The maximum Gasteiger partial charge on any atom is 0.244 e. The van der Waals surface area contributed by atoms with E-state index in [0.717, 1.165) is 10.8 Å². The molecule has 1 amide bonds. The molecule has 5 heteroatoms. The van der Waals surface area contributed by atoms with E-state index in [1.807, 2.05) is 36.4 Å². The molecular weight excluding hydrogens is 345 g/mol. The van der Waals surface area contributed by atoms with Crippen LogP contribution in [0.1, 0.15) is 17.2 Å². The number of aliphatic hydroxyl groups is 2. The van der Waals surface area contributed by atoms with Crippen molar-refractivity contribution in [1.29, 1.82) is 0 Å². The monoisotopic (exact) mass is 365 g/mol. The molecule has 2 atom stereocenters. The van der Waals surface area contributed by atoms with E-state index in [0.29, 0.717) is 5.56 Å². The lowest BCUT2D eigenvalue weighted by Crippen LogP contribution is -2.37. The van der Waals surface area contributed by atoms with Gasteiger partial charge in [-0.05, 0) is 34.5 Å². The number of fused-ring (bicyclic) bond motifs is 1. The number of hydrogen-bond donors (Lipinski definition) is 3. The average Bonchev–Trinajstić information content (AvgIpc) is 2.70. The van der Waals surface area contributed by atoms with Crippen LogP contribution in [0.2, 0.25) is 0 Å². The van der Waals surface area contributed by atoms with Gasteiger partial charge in [0.2, 0.25) is 5.91 Å². The van der Waals surface area contributed by atoms with Gasteiger partial charge in [-0.1, -0.05) is 54.6 Å². The maximum absolute atomic E-state index is 13.6. The second kappa shape index (κ2) is 8.58. The van der Waals surface area contributed by atoms with E-state index in [9.17, 15) is 19.4 Å². The Morgan fingerprint density at radius 1 is 1.04 bits per heavy atom. The Hall–Kier alpha value is -3.02. The number of rotatable bonds is 6. The van der Waals surface area contributed by atoms with Crippen molar-refractivity contribution in [3.8, 4) is 0 Å². The van der Waals surface area contributed by atoms with Crippen molar-refractivity contribution < 1.29 is 19.4 Å². The lowest BCUT2D eigenvalue weighted by molar-refractivity contribution is -0.118. The number of benzene rings is 3. The number of nitrogens with one attached hydrogen (secondary N) is 1. The zero-order valence-electron chi connectivity index (χ0n) is 14.5. The Kier molecular flexibility index (Phi) is 5.96. The van der Waals surface area contributed by atoms with E-state index < -0.39 is 30.5 Å². The molecule has 4 nitrogen and oxygen atoms in total. The molecular formula is C22H20FNO3. The molecule has 0 saturated carbocycles. The SMILES string of the molecule is O=C(/C=C/c1ccccc1F)N[C@H](c1ccc2ccccc2c1)[C@H](O)CO. The Bertz CT molecular complexity index is 970. The van der Waals surface area contributed by atoms with Crippen LogP contribution in [0.5, 0.6) is 0 Å². The predicted molar refractivity (Wildman–Crippen MR) is 103 cm³/mol. The van der Waals surface area contributed by atoms with Crippen molar-refractivity contribution in [1.82, 2.24) is 5.32 Å². The second-order valence-corrected chi connectivity index (χ2v) is 6.20. The van der Waals surface area contributed by atoms with Gasteiger partial charge in [-0.3, -0.25) is 4.79 Å². The first-order chi connectivity index (χ1) is 13.1. The van der Waals surface area contributed by atoms with E-state index in [2.05, 4.69) is 5.32 Å². The molecule has 0 bridgehead atoms. The lowest BCUT2D eigenvalue weighted by Gasteiger charge is -2.23. The molecule has 0 aliphatic heterocycles. The minimum atomic E-state index is -1.17. The summed E-state index contributed by atoms with van der Waals surface area (Å²) in [5.41, 5.74) is 0.959. The van der Waals surface area contributed by atoms with Crippen LogP contribution in [0.15, 0.2) is 72.8 Å². The van der Waals surface area contributed by atoms with Crippen molar-refractivity contribution in [2.75, 3.05) is 6.61 Å². The summed E-state index contributed by atoms with van der Waals surface area (Å²) in [7, 11) is 0. The molecule has 0 saturated heterocycles. The highest BCUT2D eigenvalue weighted by atomic mass is 19.1. The minimum absolute atomic E-state index is 0.289. The molecule has 0 spiro atoms. The summed E-state index contributed by atoms with van der Waals surface area (Å²) in [6.45, 7) is -0.505. The fourth-order valence-corrected chi connectivity index (χ4v) is 2.89. The van der Waals surface area contributed by atoms with Crippen LogP contribution in [-0.2, 0) is 4.79 Å². The molecule has 3 aromatic carbocycles. The van der Waals surface area contributed by atoms with E-state index in [4.69, 9.17) is 0 Å². The summed E-state index contributed by atoms with van der Waals surface area (Å²) >= 11 is 0. The molecule has 0 aliphatic carbocycles. The first-order valence-electron chi connectivity index (χ1n) is 8.59. The van der Waals surface area contributed by atoms with Gasteiger partial charge in [-0.15, -0.1) is 0 Å². The molecule has 0 aromatic heterocycles. The van der Waals surface area contributed by atoms with Gasteiger partial charge < -0.3 is 15.5 Å². The number of aliphatic hydroxyl groups excluding tert-OH is 2. The third kappa shape index (κ3) is 4.58. The second-order valence-electron chi connectivity index (χ2n) is 6.20. The van der Waals surface area contributed by atoms with Gasteiger partial charge in [0.25, 0.3) is 0 Å². The summed E-state index contributed by atoms with van der Waals surface area (Å²) in [6, 6.07) is 18.6. The molecule has 3 N–H and O–H groups in total. The number of amides is 1. The molecule has 3 aromatic rings. The molecule has 0 aliphatic rings. The molecule has 0 radical (unpaired) electrons. The summed E-state index contributed by atoms with van der Waals surface area (Å²) in [4.78, 5) is 12.3. The van der Waals surface area contributed by atoms with Gasteiger partial charge in [0, 0.05) is 11.6 Å². The van der Waals surface area contributed by atoms with Crippen molar-refractivity contribution in [3.05, 3.63) is 89.8 Å². The highest BCUT2D eigenvalue weighted by Crippen LogP contribution is 2.23. The fourth-order valence-electron chi connectivity index (χ4n) is 2.89. The van der Waals surface area contributed by atoms with E-state index in [1.165, 1.54) is 18.2 Å². The topological polar surface area (TPSA) is 69.6 Å². The molecule has 0 fully saturated rings. The van der Waals surface area contributed by atoms with Crippen molar-refractivity contribution >= 4 is 22.8 Å². The summed E-state index contributed by atoms with van der Waals surface area (Å²) in [6.07, 6.45) is 1.40. The fraction of sp³-hybridized carbons (Fsp3) is 0.136. The molecule has 0 unspecified atom stereocenters. The Morgan fingerprint density at radius 2 is 1.74 bits per heavy atom. The van der Waals surface area contributed by atoms with Crippen LogP contribution in [0, 0.1) is 5.82 Å². The summed E-state index contributed by atoms with van der Waals surface area (Å²) in [5.74, 6) is -0.924. The third-order valence-corrected chi connectivity index (χ3v) is 4.32. The number of carbonyl (C=O) groups is 1. The smallest absolute Gasteiger partial charge is 0.244 e. The highest BCUT2D eigenvalue weighted by Gasteiger charge is 2.22. The zero-order valence-corrected chi connectivity index (χ0v) is 14.5. The van der Waals surface area contributed by atoms with Crippen molar-refractivity contribution in [3.63, 3.8) is 0 Å². The quantitative estimate of drug-likeness (QED) is 0.588.